The molecular formula is C12H16N4O2S. The van der Waals surface area contributed by atoms with E-state index in [0.717, 1.165) is 12.1 Å². The van der Waals surface area contributed by atoms with Gasteiger partial charge in [0.2, 0.25) is 0 Å². The zero-order valence-corrected chi connectivity index (χ0v) is 11.4. The molecule has 102 valence electrons. The lowest BCUT2D eigenvalue weighted by Gasteiger charge is -2.11. The summed E-state index contributed by atoms with van der Waals surface area (Å²) in [5.41, 5.74) is 6.74. The van der Waals surface area contributed by atoms with Gasteiger partial charge in [-0.2, -0.15) is 0 Å². The number of nitrogen functional groups attached to an aromatic ring is 1. The van der Waals surface area contributed by atoms with E-state index in [0.29, 0.717) is 18.7 Å². The van der Waals surface area contributed by atoms with Crippen LogP contribution in [0.2, 0.25) is 0 Å². The van der Waals surface area contributed by atoms with E-state index in [4.69, 9.17) is 5.73 Å². The number of hydrogen-bond acceptors (Lipinski definition) is 5. The summed E-state index contributed by atoms with van der Waals surface area (Å²) in [6.45, 7) is 0.616. The first-order valence-corrected chi connectivity index (χ1v) is 7.68. The Hall–Kier alpha value is -2.02. The second-order valence-corrected chi connectivity index (χ2v) is 6.19. The molecule has 0 saturated carbocycles. The quantitative estimate of drug-likeness (QED) is 0.711. The Balaban J connectivity index is 2.09. The van der Waals surface area contributed by atoms with Gasteiger partial charge in [-0.3, -0.25) is 0 Å². The van der Waals surface area contributed by atoms with E-state index < -0.39 is 9.84 Å². The number of H-pyrrole nitrogens is 1. The average Bonchev–Trinajstić information content (AvgIpc) is 2.83. The highest BCUT2D eigenvalue weighted by Gasteiger charge is 2.13. The Morgan fingerprint density at radius 1 is 1.42 bits per heavy atom. The molecule has 2 rings (SSSR count). The molecule has 6 nitrogen and oxygen atoms in total. The highest BCUT2D eigenvalue weighted by molar-refractivity contribution is 7.90. The van der Waals surface area contributed by atoms with Gasteiger partial charge in [-0.05, 0) is 12.1 Å². The fourth-order valence-electron chi connectivity index (χ4n) is 1.77. The van der Waals surface area contributed by atoms with Crippen molar-refractivity contribution in [2.75, 3.05) is 23.9 Å². The van der Waals surface area contributed by atoms with Crippen LogP contribution in [0.5, 0.6) is 0 Å². The third-order valence-corrected chi connectivity index (χ3v) is 3.85. The number of imidazole rings is 1. The van der Waals surface area contributed by atoms with Gasteiger partial charge in [-0.15, -0.1) is 0 Å². The number of aromatic nitrogens is 2. The molecule has 0 fully saturated rings. The molecule has 0 bridgehead atoms. The van der Waals surface area contributed by atoms with Crippen LogP contribution in [0.3, 0.4) is 0 Å². The molecule has 4 N–H and O–H groups in total. The summed E-state index contributed by atoms with van der Waals surface area (Å²) in [6.07, 6.45) is 5.29. The number of sulfone groups is 1. The largest absolute Gasteiger partial charge is 0.396 e. The van der Waals surface area contributed by atoms with E-state index in [1.54, 1.807) is 24.5 Å². The summed E-state index contributed by atoms with van der Waals surface area (Å²) in [5.74, 6) is 0.866. The van der Waals surface area contributed by atoms with Gasteiger partial charge in [-0.25, -0.2) is 13.4 Å². The van der Waals surface area contributed by atoms with Gasteiger partial charge in [0.25, 0.3) is 0 Å². The predicted molar refractivity (Wildman–Crippen MR) is 74.7 cm³/mol. The maximum Gasteiger partial charge on any atom is 0.177 e. The van der Waals surface area contributed by atoms with Crippen LogP contribution in [-0.4, -0.2) is 31.2 Å². The van der Waals surface area contributed by atoms with E-state index >= 15 is 0 Å². The Morgan fingerprint density at radius 2 is 2.21 bits per heavy atom. The number of anilines is 2. The van der Waals surface area contributed by atoms with Crippen LogP contribution in [0, 0.1) is 0 Å². The predicted octanol–water partition coefficient (Wildman–Crippen LogP) is 1.05. The van der Waals surface area contributed by atoms with Crippen LogP contribution in [0.1, 0.15) is 5.82 Å². The minimum Gasteiger partial charge on any atom is -0.396 e. The number of aromatic amines is 1. The van der Waals surface area contributed by atoms with Gasteiger partial charge in [0, 0.05) is 31.6 Å². The third kappa shape index (κ3) is 3.25. The lowest BCUT2D eigenvalue weighted by atomic mass is 10.2. The normalized spacial score (nSPS) is 11.4. The Labute approximate surface area is 112 Å². The summed E-state index contributed by atoms with van der Waals surface area (Å²) in [4.78, 5) is 7.25. The summed E-state index contributed by atoms with van der Waals surface area (Å²) >= 11 is 0. The summed E-state index contributed by atoms with van der Waals surface area (Å²) in [6, 6.07) is 4.93. The Morgan fingerprint density at radius 3 is 2.84 bits per heavy atom. The van der Waals surface area contributed by atoms with Crippen molar-refractivity contribution in [3.63, 3.8) is 0 Å². The highest BCUT2D eigenvalue weighted by atomic mass is 32.2. The molecule has 19 heavy (non-hydrogen) atoms. The van der Waals surface area contributed by atoms with Crippen molar-refractivity contribution in [1.29, 1.82) is 0 Å². The maximum absolute atomic E-state index is 11.5. The van der Waals surface area contributed by atoms with E-state index in [-0.39, 0.29) is 10.6 Å². The van der Waals surface area contributed by atoms with Crippen molar-refractivity contribution in [1.82, 2.24) is 9.97 Å². The van der Waals surface area contributed by atoms with Crippen molar-refractivity contribution in [3.8, 4) is 0 Å². The zero-order chi connectivity index (χ0) is 13.9. The Kier molecular flexibility index (Phi) is 3.75. The number of rotatable bonds is 5. The summed E-state index contributed by atoms with van der Waals surface area (Å²) in [5, 5.41) is 3.11. The molecule has 0 aliphatic carbocycles. The molecule has 0 saturated heterocycles. The van der Waals surface area contributed by atoms with Crippen LogP contribution in [0.25, 0.3) is 0 Å². The van der Waals surface area contributed by atoms with Crippen molar-refractivity contribution < 1.29 is 8.42 Å². The first-order chi connectivity index (χ1) is 8.98. The van der Waals surface area contributed by atoms with E-state index in [9.17, 15) is 8.42 Å². The molecule has 0 atom stereocenters. The van der Waals surface area contributed by atoms with Gasteiger partial charge in [0.15, 0.2) is 9.84 Å². The molecule has 7 heteroatoms. The molecule has 1 heterocycles. The van der Waals surface area contributed by atoms with Crippen LogP contribution < -0.4 is 11.1 Å². The van der Waals surface area contributed by atoms with E-state index in [1.807, 2.05) is 0 Å². The first kappa shape index (κ1) is 13.4. The smallest absolute Gasteiger partial charge is 0.177 e. The van der Waals surface area contributed by atoms with Crippen molar-refractivity contribution in [2.45, 2.75) is 11.3 Å². The number of nitrogens with one attached hydrogen (secondary N) is 2. The SMILES string of the molecule is CS(=O)(=O)c1cccc(NCCc2ncc[nH]2)c1N. The molecule has 0 spiro atoms. The van der Waals surface area contributed by atoms with E-state index in [1.165, 1.54) is 6.07 Å². The van der Waals surface area contributed by atoms with Crippen molar-refractivity contribution in [3.05, 3.63) is 36.4 Å². The summed E-state index contributed by atoms with van der Waals surface area (Å²) in [7, 11) is -3.31. The fourth-order valence-corrected chi connectivity index (χ4v) is 2.61. The first-order valence-electron chi connectivity index (χ1n) is 5.79. The molecule has 1 aromatic heterocycles. The van der Waals surface area contributed by atoms with Gasteiger partial charge < -0.3 is 16.0 Å². The lowest BCUT2D eigenvalue weighted by Crippen LogP contribution is -2.10. The number of benzene rings is 1. The number of hydrogen-bond donors (Lipinski definition) is 3. The summed E-state index contributed by atoms with van der Waals surface area (Å²) < 4.78 is 23.1. The highest BCUT2D eigenvalue weighted by Crippen LogP contribution is 2.26. The number of para-hydroxylation sites is 1. The lowest BCUT2D eigenvalue weighted by molar-refractivity contribution is 0.602. The van der Waals surface area contributed by atoms with Crippen molar-refractivity contribution >= 4 is 21.2 Å². The standard InChI is InChI=1S/C12H16N4O2S/c1-19(17,18)10-4-2-3-9(12(10)13)14-6-5-11-15-7-8-16-11/h2-4,7-8,14H,5-6,13H2,1H3,(H,15,16). The molecule has 0 amide bonds. The second kappa shape index (κ2) is 5.31. The van der Waals surface area contributed by atoms with Crippen LogP contribution in [-0.2, 0) is 16.3 Å². The van der Waals surface area contributed by atoms with Crippen LogP contribution >= 0.6 is 0 Å². The Bertz CT molecular complexity index is 650. The molecule has 2 aromatic rings. The maximum atomic E-state index is 11.5. The zero-order valence-electron chi connectivity index (χ0n) is 10.6. The van der Waals surface area contributed by atoms with Crippen LogP contribution in [0.4, 0.5) is 11.4 Å². The fraction of sp³-hybridized carbons (Fsp3) is 0.250. The molecule has 0 aliphatic rings. The molecule has 0 unspecified atom stereocenters. The monoisotopic (exact) mass is 280 g/mol. The molecule has 1 aromatic carbocycles. The minimum absolute atomic E-state index is 0.149. The molecule has 0 radical (unpaired) electrons. The van der Waals surface area contributed by atoms with Gasteiger partial charge in [0.05, 0.1) is 16.3 Å². The second-order valence-electron chi connectivity index (χ2n) is 4.20. The van der Waals surface area contributed by atoms with Gasteiger partial charge in [0.1, 0.15) is 5.82 Å². The van der Waals surface area contributed by atoms with Gasteiger partial charge >= 0.3 is 0 Å². The number of nitrogens with two attached hydrogens (primary N) is 1. The molecular weight excluding hydrogens is 264 g/mol. The van der Waals surface area contributed by atoms with Gasteiger partial charge in [-0.1, -0.05) is 6.07 Å². The van der Waals surface area contributed by atoms with Crippen molar-refractivity contribution in [2.24, 2.45) is 0 Å². The number of nitrogens with zero attached hydrogens (tertiary/aromatic N) is 1. The topological polar surface area (TPSA) is 101 Å². The average molecular weight is 280 g/mol. The van der Waals surface area contributed by atoms with Crippen LogP contribution in [0.15, 0.2) is 35.5 Å². The minimum atomic E-state index is -3.31. The third-order valence-electron chi connectivity index (χ3n) is 2.70. The van der Waals surface area contributed by atoms with E-state index in [2.05, 4.69) is 15.3 Å². The molecule has 0 aliphatic heterocycles.